The van der Waals surface area contributed by atoms with Crippen LogP contribution in [-0.4, -0.2) is 13.0 Å². The molecule has 0 saturated heterocycles. The van der Waals surface area contributed by atoms with Crippen molar-refractivity contribution in [2.75, 3.05) is 11.9 Å². The monoisotopic (exact) mass is 260 g/mol. The summed E-state index contributed by atoms with van der Waals surface area (Å²) in [5.74, 6) is -0.0199. The van der Waals surface area contributed by atoms with Gasteiger partial charge in [-0.3, -0.25) is 4.79 Å². The van der Waals surface area contributed by atoms with E-state index in [0.717, 1.165) is 16.8 Å². The van der Waals surface area contributed by atoms with Crippen molar-refractivity contribution in [3.05, 3.63) is 65.2 Å². The second-order valence-electron chi connectivity index (χ2n) is 4.68. The van der Waals surface area contributed by atoms with Gasteiger partial charge in [0.1, 0.15) is 0 Å². The Morgan fingerprint density at radius 1 is 1.15 bits per heavy atom. The first-order chi connectivity index (χ1) is 9.70. The molecule has 0 radical (unpaired) electrons. The predicted molar refractivity (Wildman–Crippen MR) is 78.9 cm³/mol. The number of hydrogen-bond acceptors (Lipinski definition) is 2. The van der Waals surface area contributed by atoms with E-state index >= 15 is 0 Å². The molecule has 0 saturated carbocycles. The molecular weight excluding hydrogens is 248 g/mol. The molecule has 0 N–H and O–H groups in total. The van der Waals surface area contributed by atoms with Gasteiger partial charge in [0.15, 0.2) is 0 Å². The number of hydrogen-bond donors (Lipinski definition) is 0. The lowest BCUT2D eigenvalue weighted by molar-refractivity contribution is -0.112. The van der Waals surface area contributed by atoms with Crippen LogP contribution in [0.2, 0.25) is 0 Å². The molecule has 0 fully saturated rings. The highest BCUT2D eigenvalue weighted by Gasteiger charge is 2.28. The first-order valence-corrected chi connectivity index (χ1v) is 6.30. The number of fused-ring (bicyclic) bond motifs is 1. The third-order valence-corrected chi connectivity index (χ3v) is 3.42. The standard InChI is InChI=1S/C17H12N2O/c1-19-16-8-3-2-7-14(16)15(17(19)20)10-12-5-4-6-13(9-12)11-18/h2-10H,1H3/b15-10-. The van der Waals surface area contributed by atoms with Crippen molar-refractivity contribution >= 4 is 23.2 Å². The molecule has 1 aliphatic heterocycles. The van der Waals surface area contributed by atoms with E-state index in [-0.39, 0.29) is 5.91 Å². The van der Waals surface area contributed by atoms with E-state index in [4.69, 9.17) is 5.26 Å². The minimum Gasteiger partial charge on any atom is -0.311 e. The van der Waals surface area contributed by atoms with Crippen LogP contribution in [0.3, 0.4) is 0 Å². The molecule has 1 amide bonds. The van der Waals surface area contributed by atoms with Crippen molar-refractivity contribution in [1.29, 1.82) is 5.26 Å². The fraction of sp³-hybridized carbons (Fsp3) is 0.0588. The van der Waals surface area contributed by atoms with Crippen LogP contribution >= 0.6 is 0 Å². The fourth-order valence-electron chi connectivity index (χ4n) is 2.40. The molecular formula is C17H12N2O. The summed E-state index contributed by atoms with van der Waals surface area (Å²) in [5, 5.41) is 8.93. The van der Waals surface area contributed by atoms with Crippen molar-refractivity contribution in [2.24, 2.45) is 0 Å². The zero-order chi connectivity index (χ0) is 14.1. The van der Waals surface area contributed by atoms with Crippen molar-refractivity contribution in [3.8, 4) is 6.07 Å². The molecule has 0 unspecified atom stereocenters. The first kappa shape index (κ1) is 12.2. The molecule has 0 spiro atoms. The van der Waals surface area contributed by atoms with Gasteiger partial charge in [0.2, 0.25) is 0 Å². The van der Waals surface area contributed by atoms with Gasteiger partial charge in [-0.15, -0.1) is 0 Å². The average Bonchev–Trinajstić information content (AvgIpc) is 2.73. The number of nitrogens with zero attached hydrogens (tertiary/aromatic N) is 2. The van der Waals surface area contributed by atoms with Crippen molar-refractivity contribution in [1.82, 2.24) is 0 Å². The second-order valence-corrected chi connectivity index (χ2v) is 4.68. The van der Waals surface area contributed by atoms with E-state index < -0.39 is 0 Å². The van der Waals surface area contributed by atoms with Gasteiger partial charge in [0, 0.05) is 18.2 Å². The Kier molecular flexibility index (Phi) is 2.85. The van der Waals surface area contributed by atoms with Crippen LogP contribution in [0.5, 0.6) is 0 Å². The van der Waals surface area contributed by atoms with E-state index in [2.05, 4.69) is 6.07 Å². The van der Waals surface area contributed by atoms with Crippen LogP contribution in [0.1, 0.15) is 16.7 Å². The van der Waals surface area contributed by atoms with Crippen LogP contribution in [0.15, 0.2) is 48.5 Å². The summed E-state index contributed by atoms with van der Waals surface area (Å²) in [6.07, 6.45) is 1.84. The Hall–Kier alpha value is -2.86. The number of nitriles is 1. The maximum Gasteiger partial charge on any atom is 0.258 e. The molecule has 0 atom stereocenters. The highest BCUT2D eigenvalue weighted by molar-refractivity contribution is 6.35. The molecule has 2 aromatic carbocycles. The third kappa shape index (κ3) is 1.88. The molecule has 1 heterocycles. The number of para-hydroxylation sites is 1. The maximum atomic E-state index is 12.3. The molecule has 0 bridgehead atoms. The van der Waals surface area contributed by atoms with Crippen LogP contribution in [0, 0.1) is 11.3 Å². The Morgan fingerprint density at radius 3 is 2.75 bits per heavy atom. The van der Waals surface area contributed by atoms with E-state index in [1.165, 1.54) is 0 Å². The van der Waals surface area contributed by atoms with Gasteiger partial charge in [-0.05, 0) is 29.8 Å². The highest BCUT2D eigenvalue weighted by Crippen LogP contribution is 2.36. The average molecular weight is 260 g/mol. The summed E-state index contributed by atoms with van der Waals surface area (Å²) in [6, 6.07) is 17.1. The van der Waals surface area contributed by atoms with E-state index in [9.17, 15) is 4.79 Å². The van der Waals surface area contributed by atoms with Crippen LogP contribution in [0.4, 0.5) is 5.69 Å². The summed E-state index contributed by atoms with van der Waals surface area (Å²) in [7, 11) is 1.77. The zero-order valence-electron chi connectivity index (χ0n) is 11.0. The minimum absolute atomic E-state index is 0.0199. The molecule has 3 nitrogen and oxygen atoms in total. The molecule has 0 aromatic heterocycles. The largest absolute Gasteiger partial charge is 0.311 e. The SMILES string of the molecule is CN1C(=O)/C(=C\c2cccc(C#N)c2)c2ccccc21. The molecule has 20 heavy (non-hydrogen) atoms. The number of carbonyl (C=O) groups excluding carboxylic acids is 1. The summed E-state index contributed by atoms with van der Waals surface area (Å²) < 4.78 is 0. The van der Waals surface area contributed by atoms with Crippen molar-refractivity contribution in [2.45, 2.75) is 0 Å². The molecule has 96 valence electrons. The molecule has 2 aromatic rings. The molecule has 0 aliphatic carbocycles. The smallest absolute Gasteiger partial charge is 0.258 e. The normalized spacial score (nSPS) is 15.3. The first-order valence-electron chi connectivity index (χ1n) is 6.30. The molecule has 3 heteroatoms. The number of benzene rings is 2. The van der Waals surface area contributed by atoms with Crippen LogP contribution in [0.25, 0.3) is 11.6 Å². The van der Waals surface area contributed by atoms with Gasteiger partial charge in [-0.2, -0.15) is 5.26 Å². The summed E-state index contributed by atoms with van der Waals surface area (Å²) in [6.45, 7) is 0. The number of rotatable bonds is 1. The lowest BCUT2D eigenvalue weighted by atomic mass is 10.0. The summed E-state index contributed by atoms with van der Waals surface area (Å²) in [5.41, 5.74) is 3.96. The van der Waals surface area contributed by atoms with Gasteiger partial charge in [-0.1, -0.05) is 30.3 Å². The lowest BCUT2D eigenvalue weighted by Gasteiger charge is -2.07. The van der Waals surface area contributed by atoms with Crippen molar-refractivity contribution < 1.29 is 4.79 Å². The van der Waals surface area contributed by atoms with Gasteiger partial charge in [0.25, 0.3) is 5.91 Å². The Morgan fingerprint density at radius 2 is 1.95 bits per heavy atom. The van der Waals surface area contributed by atoms with Gasteiger partial charge < -0.3 is 4.90 Å². The van der Waals surface area contributed by atoms with Crippen LogP contribution in [-0.2, 0) is 4.79 Å². The minimum atomic E-state index is -0.0199. The zero-order valence-corrected chi connectivity index (χ0v) is 11.0. The Bertz CT molecular complexity index is 769. The third-order valence-electron chi connectivity index (χ3n) is 3.42. The van der Waals surface area contributed by atoms with E-state index in [0.29, 0.717) is 11.1 Å². The molecule has 3 rings (SSSR count). The molecule has 1 aliphatic rings. The number of amides is 1. The number of likely N-dealkylation sites (N-methyl/N-ethyl adjacent to an activating group) is 1. The Balaban J connectivity index is 2.12. The van der Waals surface area contributed by atoms with Gasteiger partial charge in [-0.25, -0.2) is 0 Å². The quantitative estimate of drug-likeness (QED) is 0.739. The van der Waals surface area contributed by atoms with Gasteiger partial charge in [0.05, 0.1) is 17.3 Å². The highest BCUT2D eigenvalue weighted by atomic mass is 16.2. The predicted octanol–water partition coefficient (Wildman–Crippen LogP) is 3.08. The van der Waals surface area contributed by atoms with E-state index in [1.807, 2.05) is 42.5 Å². The Labute approximate surface area is 117 Å². The van der Waals surface area contributed by atoms with Gasteiger partial charge >= 0.3 is 0 Å². The topological polar surface area (TPSA) is 44.1 Å². The van der Waals surface area contributed by atoms with E-state index in [1.54, 1.807) is 24.1 Å². The summed E-state index contributed by atoms with van der Waals surface area (Å²) >= 11 is 0. The second kappa shape index (κ2) is 4.67. The lowest BCUT2D eigenvalue weighted by Crippen LogP contribution is -2.20. The maximum absolute atomic E-state index is 12.3. The number of anilines is 1. The number of carbonyl (C=O) groups is 1. The fourth-order valence-corrected chi connectivity index (χ4v) is 2.40. The van der Waals surface area contributed by atoms with Crippen LogP contribution < -0.4 is 4.90 Å². The summed E-state index contributed by atoms with van der Waals surface area (Å²) in [4.78, 5) is 14.0. The van der Waals surface area contributed by atoms with Crippen molar-refractivity contribution in [3.63, 3.8) is 0 Å².